The summed E-state index contributed by atoms with van der Waals surface area (Å²) in [6, 6.07) is 8.66. The topological polar surface area (TPSA) is 37.8 Å². The van der Waals surface area contributed by atoms with E-state index >= 15 is 0 Å². The van der Waals surface area contributed by atoms with Crippen LogP contribution in [0.5, 0.6) is 0 Å². The molecule has 106 valence electrons. The van der Waals surface area contributed by atoms with Gasteiger partial charge in [-0.2, -0.15) is 0 Å². The molecular formula is C17H23N3. The van der Waals surface area contributed by atoms with Gasteiger partial charge in [0.2, 0.25) is 0 Å². The molecule has 0 aliphatic heterocycles. The zero-order valence-electron chi connectivity index (χ0n) is 12.8. The van der Waals surface area contributed by atoms with Crippen molar-refractivity contribution >= 4 is 0 Å². The minimum absolute atomic E-state index is 0.795. The Morgan fingerprint density at radius 3 is 2.30 bits per heavy atom. The second-order valence-corrected chi connectivity index (χ2v) is 5.37. The third kappa shape index (κ3) is 4.14. The summed E-state index contributed by atoms with van der Waals surface area (Å²) in [5.74, 6) is 0.905. The average Bonchev–Trinajstić information content (AvgIpc) is 2.34. The molecule has 0 saturated heterocycles. The summed E-state index contributed by atoms with van der Waals surface area (Å²) in [6.45, 7) is 10.1. The predicted molar refractivity (Wildman–Crippen MR) is 82.9 cm³/mol. The van der Waals surface area contributed by atoms with Crippen LogP contribution in [0.1, 0.15) is 40.8 Å². The molecule has 0 bridgehead atoms. The molecule has 0 radical (unpaired) electrons. The normalized spacial score (nSPS) is 10.8. The van der Waals surface area contributed by atoms with Gasteiger partial charge in [-0.3, -0.25) is 0 Å². The SMILES string of the molecule is CCNCc1cc(C)nc(Cc2cc(C)cc(C)c2)n1. The highest BCUT2D eigenvalue weighted by Gasteiger charge is 2.04. The van der Waals surface area contributed by atoms with Gasteiger partial charge in [-0.15, -0.1) is 0 Å². The molecular weight excluding hydrogens is 246 g/mol. The van der Waals surface area contributed by atoms with E-state index in [-0.39, 0.29) is 0 Å². The minimum atomic E-state index is 0.795. The monoisotopic (exact) mass is 269 g/mol. The number of hydrogen-bond acceptors (Lipinski definition) is 3. The maximum Gasteiger partial charge on any atom is 0.133 e. The van der Waals surface area contributed by atoms with Crippen LogP contribution in [0.25, 0.3) is 0 Å². The minimum Gasteiger partial charge on any atom is -0.311 e. The molecule has 1 heterocycles. The lowest BCUT2D eigenvalue weighted by atomic mass is 10.0. The quantitative estimate of drug-likeness (QED) is 0.906. The second-order valence-electron chi connectivity index (χ2n) is 5.37. The van der Waals surface area contributed by atoms with Gasteiger partial charge < -0.3 is 5.32 Å². The molecule has 0 atom stereocenters. The maximum absolute atomic E-state index is 4.65. The molecule has 1 aromatic carbocycles. The predicted octanol–water partition coefficient (Wildman–Crippen LogP) is 3.10. The largest absolute Gasteiger partial charge is 0.311 e. The van der Waals surface area contributed by atoms with E-state index in [1.807, 2.05) is 13.0 Å². The van der Waals surface area contributed by atoms with E-state index in [4.69, 9.17) is 0 Å². The molecule has 0 unspecified atom stereocenters. The van der Waals surface area contributed by atoms with Crippen LogP contribution in [0.2, 0.25) is 0 Å². The Hall–Kier alpha value is -1.74. The Kier molecular flexibility index (Phi) is 4.85. The number of benzene rings is 1. The Bertz CT molecular complexity index is 571. The van der Waals surface area contributed by atoms with E-state index in [1.165, 1.54) is 16.7 Å². The van der Waals surface area contributed by atoms with Crippen molar-refractivity contribution in [2.75, 3.05) is 6.54 Å². The fourth-order valence-corrected chi connectivity index (χ4v) is 2.48. The van der Waals surface area contributed by atoms with Crippen molar-refractivity contribution in [2.24, 2.45) is 0 Å². The average molecular weight is 269 g/mol. The van der Waals surface area contributed by atoms with Crippen molar-refractivity contribution in [3.05, 3.63) is 58.2 Å². The standard InChI is InChI=1S/C17H23N3/c1-5-18-11-16-9-14(4)19-17(20-16)10-15-7-12(2)6-13(3)8-15/h6-9,18H,5,10-11H2,1-4H3. The van der Waals surface area contributed by atoms with Crippen LogP contribution < -0.4 is 5.32 Å². The highest BCUT2D eigenvalue weighted by molar-refractivity contribution is 5.30. The van der Waals surface area contributed by atoms with Gasteiger partial charge in [-0.05, 0) is 38.9 Å². The molecule has 0 spiro atoms. The van der Waals surface area contributed by atoms with Gasteiger partial charge >= 0.3 is 0 Å². The van der Waals surface area contributed by atoms with Crippen LogP contribution in [0.3, 0.4) is 0 Å². The van der Waals surface area contributed by atoms with Gasteiger partial charge in [0.25, 0.3) is 0 Å². The zero-order chi connectivity index (χ0) is 14.5. The van der Waals surface area contributed by atoms with E-state index in [0.29, 0.717) is 0 Å². The smallest absolute Gasteiger partial charge is 0.133 e. The van der Waals surface area contributed by atoms with Crippen molar-refractivity contribution in [1.82, 2.24) is 15.3 Å². The molecule has 20 heavy (non-hydrogen) atoms. The summed E-state index contributed by atoms with van der Waals surface area (Å²) in [6.07, 6.45) is 0.795. The number of aromatic nitrogens is 2. The molecule has 1 aromatic heterocycles. The Labute approximate surface area is 121 Å². The Morgan fingerprint density at radius 2 is 1.65 bits per heavy atom. The van der Waals surface area contributed by atoms with E-state index in [2.05, 4.69) is 54.3 Å². The molecule has 3 nitrogen and oxygen atoms in total. The Morgan fingerprint density at radius 1 is 0.950 bits per heavy atom. The molecule has 1 N–H and O–H groups in total. The van der Waals surface area contributed by atoms with Crippen molar-refractivity contribution in [1.29, 1.82) is 0 Å². The molecule has 0 amide bonds. The van der Waals surface area contributed by atoms with E-state index in [0.717, 1.165) is 36.7 Å². The summed E-state index contributed by atoms with van der Waals surface area (Å²) in [5, 5.41) is 3.31. The fourth-order valence-electron chi connectivity index (χ4n) is 2.48. The summed E-state index contributed by atoms with van der Waals surface area (Å²) in [7, 11) is 0. The number of nitrogens with one attached hydrogen (secondary N) is 1. The van der Waals surface area contributed by atoms with Crippen molar-refractivity contribution in [3.8, 4) is 0 Å². The van der Waals surface area contributed by atoms with Gasteiger partial charge in [0.05, 0.1) is 5.69 Å². The van der Waals surface area contributed by atoms with Gasteiger partial charge in [-0.1, -0.05) is 36.2 Å². The van der Waals surface area contributed by atoms with Crippen LogP contribution in [0.4, 0.5) is 0 Å². The van der Waals surface area contributed by atoms with Gasteiger partial charge in [0.15, 0.2) is 0 Å². The molecule has 2 aromatic rings. The van der Waals surface area contributed by atoms with Gasteiger partial charge in [0, 0.05) is 18.7 Å². The summed E-state index contributed by atoms with van der Waals surface area (Å²) < 4.78 is 0. The first-order chi connectivity index (χ1) is 9.56. The van der Waals surface area contributed by atoms with Crippen molar-refractivity contribution in [2.45, 2.75) is 40.7 Å². The number of nitrogens with zero attached hydrogens (tertiary/aromatic N) is 2. The van der Waals surface area contributed by atoms with E-state index < -0.39 is 0 Å². The third-order valence-corrected chi connectivity index (χ3v) is 3.15. The molecule has 3 heteroatoms. The lowest BCUT2D eigenvalue weighted by molar-refractivity contribution is 0.700. The first-order valence-corrected chi connectivity index (χ1v) is 7.18. The second kappa shape index (κ2) is 6.62. The number of aryl methyl sites for hydroxylation is 3. The highest BCUT2D eigenvalue weighted by Crippen LogP contribution is 2.12. The van der Waals surface area contributed by atoms with Crippen LogP contribution >= 0.6 is 0 Å². The number of hydrogen-bond donors (Lipinski definition) is 1. The number of rotatable bonds is 5. The molecule has 2 rings (SSSR count). The third-order valence-electron chi connectivity index (χ3n) is 3.15. The van der Waals surface area contributed by atoms with Gasteiger partial charge in [0.1, 0.15) is 5.82 Å². The summed E-state index contributed by atoms with van der Waals surface area (Å²) >= 11 is 0. The maximum atomic E-state index is 4.65. The highest BCUT2D eigenvalue weighted by atomic mass is 14.9. The zero-order valence-corrected chi connectivity index (χ0v) is 12.8. The lowest BCUT2D eigenvalue weighted by Gasteiger charge is -2.08. The van der Waals surface area contributed by atoms with Crippen LogP contribution in [0.15, 0.2) is 24.3 Å². The van der Waals surface area contributed by atoms with Crippen molar-refractivity contribution < 1.29 is 0 Å². The fraction of sp³-hybridized carbons (Fsp3) is 0.412. The van der Waals surface area contributed by atoms with E-state index in [1.54, 1.807) is 0 Å². The van der Waals surface area contributed by atoms with Crippen molar-refractivity contribution in [3.63, 3.8) is 0 Å². The Balaban J connectivity index is 2.21. The van der Waals surface area contributed by atoms with Crippen LogP contribution in [-0.2, 0) is 13.0 Å². The lowest BCUT2D eigenvalue weighted by Crippen LogP contribution is -2.14. The molecule has 0 fully saturated rings. The van der Waals surface area contributed by atoms with Gasteiger partial charge in [-0.25, -0.2) is 9.97 Å². The van der Waals surface area contributed by atoms with Crippen LogP contribution in [-0.4, -0.2) is 16.5 Å². The van der Waals surface area contributed by atoms with Crippen LogP contribution in [0, 0.1) is 20.8 Å². The first kappa shape index (κ1) is 14.7. The van der Waals surface area contributed by atoms with E-state index in [9.17, 15) is 0 Å². The molecule has 0 aliphatic rings. The summed E-state index contributed by atoms with van der Waals surface area (Å²) in [4.78, 5) is 9.21. The molecule has 0 saturated carbocycles. The summed E-state index contributed by atoms with van der Waals surface area (Å²) in [5.41, 5.74) is 5.97. The molecule has 0 aliphatic carbocycles. The first-order valence-electron chi connectivity index (χ1n) is 7.18.